The summed E-state index contributed by atoms with van der Waals surface area (Å²) in [5, 5.41) is 9.90. The molecule has 0 radical (unpaired) electrons. The second-order valence-corrected chi connectivity index (χ2v) is 2.62. The first-order chi connectivity index (χ1) is 5.52. The summed E-state index contributed by atoms with van der Waals surface area (Å²) in [4.78, 5) is 19.9. The van der Waals surface area contributed by atoms with Crippen LogP contribution in [-0.2, 0) is 9.53 Å². The van der Waals surface area contributed by atoms with Crippen molar-refractivity contribution in [2.75, 3.05) is 6.54 Å². The summed E-state index contributed by atoms with van der Waals surface area (Å²) in [5.41, 5.74) is 0. The van der Waals surface area contributed by atoms with Crippen LogP contribution in [0.2, 0.25) is 0 Å². The van der Waals surface area contributed by atoms with Crippen molar-refractivity contribution in [3.05, 3.63) is 10.1 Å². The zero-order chi connectivity index (χ0) is 9.56. The maximum Gasteiger partial charge on any atom is 0.302 e. The zero-order valence-electron chi connectivity index (χ0n) is 7.28. The molecule has 0 rings (SSSR count). The van der Waals surface area contributed by atoms with Gasteiger partial charge in [0, 0.05) is 18.3 Å². The number of ether oxygens (including phenoxy) is 1. The Morgan fingerprint density at radius 3 is 2.67 bits per heavy atom. The lowest BCUT2D eigenvalue weighted by Gasteiger charge is -2.09. The quantitative estimate of drug-likeness (QED) is 0.355. The molecule has 0 aromatic rings. The third kappa shape index (κ3) is 6.98. The molecule has 0 aromatic heterocycles. The van der Waals surface area contributed by atoms with Gasteiger partial charge in [-0.25, -0.2) is 0 Å². The van der Waals surface area contributed by atoms with E-state index in [0.717, 1.165) is 0 Å². The van der Waals surface area contributed by atoms with Crippen LogP contribution in [-0.4, -0.2) is 23.5 Å². The second kappa shape index (κ2) is 5.51. The third-order valence-corrected chi connectivity index (χ3v) is 1.32. The molecule has 5 heteroatoms. The van der Waals surface area contributed by atoms with Crippen molar-refractivity contribution in [3.63, 3.8) is 0 Å². The van der Waals surface area contributed by atoms with Gasteiger partial charge in [0.05, 0.1) is 6.10 Å². The minimum absolute atomic E-state index is 0.0639. The summed E-state index contributed by atoms with van der Waals surface area (Å²) in [6.45, 7) is 2.98. The van der Waals surface area contributed by atoms with Crippen molar-refractivity contribution in [1.29, 1.82) is 0 Å². The van der Waals surface area contributed by atoms with Crippen LogP contribution < -0.4 is 0 Å². The van der Waals surface area contributed by atoms with E-state index in [1.54, 1.807) is 6.92 Å². The van der Waals surface area contributed by atoms with Crippen molar-refractivity contribution < 1.29 is 14.5 Å². The van der Waals surface area contributed by atoms with E-state index >= 15 is 0 Å². The van der Waals surface area contributed by atoms with Crippen LogP contribution in [0.25, 0.3) is 0 Å². The maximum absolute atomic E-state index is 10.4. The molecule has 0 bridgehead atoms. The Hall–Kier alpha value is -1.13. The molecule has 0 aliphatic heterocycles. The summed E-state index contributed by atoms with van der Waals surface area (Å²) < 4.78 is 4.77. The van der Waals surface area contributed by atoms with Gasteiger partial charge in [-0.3, -0.25) is 14.9 Å². The Morgan fingerprint density at radius 2 is 2.25 bits per heavy atom. The maximum atomic E-state index is 10.4. The van der Waals surface area contributed by atoms with Gasteiger partial charge >= 0.3 is 5.97 Å². The molecular formula is C7H13NO4. The lowest BCUT2D eigenvalue weighted by Crippen LogP contribution is -2.13. The Labute approximate surface area is 70.9 Å². The summed E-state index contributed by atoms with van der Waals surface area (Å²) in [6.07, 6.45) is 0.768. The number of esters is 1. The van der Waals surface area contributed by atoms with Crippen molar-refractivity contribution >= 4 is 5.97 Å². The molecule has 12 heavy (non-hydrogen) atoms. The van der Waals surface area contributed by atoms with E-state index in [9.17, 15) is 14.9 Å². The third-order valence-electron chi connectivity index (χ3n) is 1.32. The van der Waals surface area contributed by atoms with Crippen LogP contribution >= 0.6 is 0 Å². The standard InChI is InChI=1S/C7H13NO4/c1-6(12-7(2)9)4-3-5-8(10)11/h6H,3-5H2,1-2H3/t6-/m1/s1. The predicted molar refractivity (Wildman–Crippen MR) is 42.3 cm³/mol. The van der Waals surface area contributed by atoms with Crippen molar-refractivity contribution in [2.24, 2.45) is 0 Å². The fourth-order valence-corrected chi connectivity index (χ4v) is 0.850. The minimum Gasteiger partial charge on any atom is -0.463 e. The minimum atomic E-state index is -0.375. The lowest BCUT2D eigenvalue weighted by molar-refractivity contribution is -0.480. The largest absolute Gasteiger partial charge is 0.463 e. The van der Waals surface area contributed by atoms with Crippen LogP contribution in [0.1, 0.15) is 26.7 Å². The molecule has 1 atom stereocenters. The molecular weight excluding hydrogens is 162 g/mol. The monoisotopic (exact) mass is 175 g/mol. The Morgan fingerprint density at radius 1 is 1.67 bits per heavy atom. The van der Waals surface area contributed by atoms with E-state index < -0.39 is 0 Å². The first kappa shape index (κ1) is 10.9. The summed E-state index contributed by atoms with van der Waals surface area (Å²) >= 11 is 0. The van der Waals surface area contributed by atoms with E-state index in [2.05, 4.69) is 0 Å². The Balaban J connectivity index is 3.37. The molecule has 0 aromatic carbocycles. The van der Waals surface area contributed by atoms with Gasteiger partial charge in [0.25, 0.3) is 0 Å². The highest BCUT2D eigenvalue weighted by Gasteiger charge is 2.06. The highest BCUT2D eigenvalue weighted by Crippen LogP contribution is 2.01. The molecule has 0 saturated carbocycles. The van der Waals surface area contributed by atoms with Crippen molar-refractivity contribution in [3.8, 4) is 0 Å². The van der Waals surface area contributed by atoms with Crippen LogP contribution in [0.5, 0.6) is 0 Å². The highest BCUT2D eigenvalue weighted by molar-refractivity contribution is 5.66. The van der Waals surface area contributed by atoms with Gasteiger partial charge in [0.1, 0.15) is 0 Å². The normalized spacial score (nSPS) is 12.2. The van der Waals surface area contributed by atoms with Crippen LogP contribution in [0.15, 0.2) is 0 Å². The number of nitro groups is 1. The number of hydrogen-bond acceptors (Lipinski definition) is 4. The molecule has 0 spiro atoms. The van der Waals surface area contributed by atoms with Gasteiger partial charge in [0.2, 0.25) is 6.54 Å². The Kier molecular flexibility index (Phi) is 4.99. The van der Waals surface area contributed by atoms with Crippen LogP contribution in [0, 0.1) is 10.1 Å². The van der Waals surface area contributed by atoms with E-state index in [0.29, 0.717) is 12.8 Å². The first-order valence-electron chi connectivity index (χ1n) is 3.81. The molecule has 70 valence electrons. The molecule has 5 nitrogen and oxygen atoms in total. The van der Waals surface area contributed by atoms with E-state index in [1.807, 2.05) is 0 Å². The van der Waals surface area contributed by atoms with E-state index in [1.165, 1.54) is 6.92 Å². The Bertz CT molecular complexity index is 169. The molecule has 0 fully saturated rings. The molecule has 0 N–H and O–H groups in total. The van der Waals surface area contributed by atoms with Gasteiger partial charge in [-0.05, 0) is 13.3 Å². The van der Waals surface area contributed by atoms with Crippen LogP contribution in [0.3, 0.4) is 0 Å². The van der Waals surface area contributed by atoms with Crippen molar-refractivity contribution in [2.45, 2.75) is 32.8 Å². The number of carbonyl (C=O) groups excluding carboxylic acids is 1. The molecule has 0 amide bonds. The molecule has 0 heterocycles. The summed E-state index contributed by atoms with van der Waals surface area (Å²) in [5.74, 6) is -0.344. The number of carbonyl (C=O) groups is 1. The fourth-order valence-electron chi connectivity index (χ4n) is 0.850. The van der Waals surface area contributed by atoms with E-state index in [-0.39, 0.29) is 23.5 Å². The average Bonchev–Trinajstić information content (AvgIpc) is 1.84. The number of rotatable bonds is 5. The fraction of sp³-hybridized carbons (Fsp3) is 0.857. The smallest absolute Gasteiger partial charge is 0.302 e. The van der Waals surface area contributed by atoms with Gasteiger partial charge in [-0.2, -0.15) is 0 Å². The average molecular weight is 175 g/mol. The van der Waals surface area contributed by atoms with E-state index in [4.69, 9.17) is 4.74 Å². The van der Waals surface area contributed by atoms with Gasteiger partial charge < -0.3 is 4.74 Å². The number of nitrogens with zero attached hydrogens (tertiary/aromatic N) is 1. The lowest BCUT2D eigenvalue weighted by atomic mass is 10.2. The molecule has 0 unspecified atom stereocenters. The summed E-state index contributed by atoms with van der Waals surface area (Å²) in [6, 6.07) is 0. The molecule has 0 aliphatic rings. The SMILES string of the molecule is CC(=O)O[C@H](C)CCC[N+](=O)[O-]. The van der Waals surface area contributed by atoms with Crippen molar-refractivity contribution in [1.82, 2.24) is 0 Å². The zero-order valence-corrected chi connectivity index (χ0v) is 7.28. The summed E-state index contributed by atoms with van der Waals surface area (Å²) in [7, 11) is 0. The molecule has 0 aliphatic carbocycles. The first-order valence-corrected chi connectivity index (χ1v) is 3.81. The topological polar surface area (TPSA) is 69.4 Å². The molecule has 0 saturated heterocycles. The van der Waals surface area contributed by atoms with Gasteiger partial charge in [-0.1, -0.05) is 0 Å². The second-order valence-electron chi connectivity index (χ2n) is 2.62. The predicted octanol–water partition coefficient (Wildman–Crippen LogP) is 0.995. The van der Waals surface area contributed by atoms with Gasteiger partial charge in [-0.15, -0.1) is 0 Å². The van der Waals surface area contributed by atoms with Crippen LogP contribution in [0.4, 0.5) is 0 Å². The highest BCUT2D eigenvalue weighted by atomic mass is 16.6. The number of hydrogen-bond donors (Lipinski definition) is 0. The van der Waals surface area contributed by atoms with Gasteiger partial charge in [0.15, 0.2) is 0 Å².